The number of hydrogen-bond acceptors (Lipinski definition) is 4. The summed E-state index contributed by atoms with van der Waals surface area (Å²) in [6.45, 7) is 3.35. The van der Waals surface area contributed by atoms with Crippen molar-refractivity contribution in [3.05, 3.63) is 131 Å². The van der Waals surface area contributed by atoms with Crippen LogP contribution in [0.15, 0.2) is 108 Å². The largest absolute Gasteiger partial charge is 0.354 e. The number of hydrogen-bond donors (Lipinski definition) is 1. The highest BCUT2D eigenvalue weighted by Crippen LogP contribution is 2.26. The van der Waals surface area contributed by atoms with Crippen LogP contribution in [0.3, 0.4) is 0 Å². The van der Waals surface area contributed by atoms with E-state index in [-0.39, 0.29) is 23.5 Å². The van der Waals surface area contributed by atoms with Gasteiger partial charge in [-0.3, -0.25) is 13.9 Å². The number of anilines is 1. The smallest absolute Gasteiger partial charge is 0.264 e. The van der Waals surface area contributed by atoms with Crippen molar-refractivity contribution in [2.75, 3.05) is 17.4 Å². The SMILES string of the molecule is CCCNC(=O)[C@@H](Cc1ccccc1)N(Cc1ccc(F)cc1)C(=O)CN(c1ccc(F)cc1)S(=O)(=O)c1ccc(C)cc1. The van der Waals surface area contributed by atoms with Crippen molar-refractivity contribution in [3.63, 3.8) is 0 Å². The fourth-order valence-corrected chi connectivity index (χ4v) is 6.09. The number of sulfonamides is 1. The van der Waals surface area contributed by atoms with Gasteiger partial charge >= 0.3 is 0 Å². The predicted molar refractivity (Wildman–Crippen MR) is 166 cm³/mol. The summed E-state index contributed by atoms with van der Waals surface area (Å²) in [6, 6.07) is 24.7. The zero-order valence-electron chi connectivity index (χ0n) is 24.6. The summed E-state index contributed by atoms with van der Waals surface area (Å²) in [5, 5.41) is 2.87. The van der Waals surface area contributed by atoms with E-state index in [0.717, 1.165) is 27.6 Å². The molecule has 0 fully saturated rings. The van der Waals surface area contributed by atoms with Crippen molar-refractivity contribution in [2.24, 2.45) is 0 Å². The second-order valence-electron chi connectivity index (χ2n) is 10.4. The van der Waals surface area contributed by atoms with Gasteiger partial charge in [0.15, 0.2) is 0 Å². The van der Waals surface area contributed by atoms with Crippen molar-refractivity contribution in [1.82, 2.24) is 10.2 Å². The second kappa shape index (κ2) is 14.7. The fourth-order valence-electron chi connectivity index (χ4n) is 4.68. The minimum absolute atomic E-state index is 0.0492. The number of nitrogens with one attached hydrogen (secondary N) is 1. The number of benzene rings is 4. The maximum atomic E-state index is 14.3. The van der Waals surface area contributed by atoms with Crippen LogP contribution in [-0.2, 0) is 32.6 Å². The van der Waals surface area contributed by atoms with E-state index in [4.69, 9.17) is 0 Å². The minimum Gasteiger partial charge on any atom is -0.354 e. The van der Waals surface area contributed by atoms with Gasteiger partial charge in [-0.15, -0.1) is 0 Å². The van der Waals surface area contributed by atoms with E-state index in [1.807, 2.05) is 44.2 Å². The molecule has 0 spiro atoms. The van der Waals surface area contributed by atoms with Gasteiger partial charge < -0.3 is 10.2 Å². The zero-order valence-corrected chi connectivity index (χ0v) is 25.4. The summed E-state index contributed by atoms with van der Waals surface area (Å²) in [5.41, 5.74) is 2.28. The molecule has 0 aromatic heterocycles. The number of carbonyl (C=O) groups is 2. The molecule has 1 N–H and O–H groups in total. The Morgan fingerprint density at radius 2 is 1.39 bits per heavy atom. The van der Waals surface area contributed by atoms with Crippen LogP contribution in [0.4, 0.5) is 14.5 Å². The average molecular weight is 620 g/mol. The Kier molecular flexibility index (Phi) is 10.8. The lowest BCUT2D eigenvalue weighted by Gasteiger charge is -2.34. The van der Waals surface area contributed by atoms with Crippen LogP contribution in [0.2, 0.25) is 0 Å². The van der Waals surface area contributed by atoms with Crippen molar-refractivity contribution in [1.29, 1.82) is 0 Å². The second-order valence-corrected chi connectivity index (χ2v) is 12.3. The fraction of sp³-hybridized carbons (Fsp3) is 0.235. The van der Waals surface area contributed by atoms with E-state index in [2.05, 4.69) is 5.32 Å². The first-order chi connectivity index (χ1) is 21.1. The van der Waals surface area contributed by atoms with Crippen LogP contribution in [0, 0.1) is 18.6 Å². The van der Waals surface area contributed by atoms with Gasteiger partial charge in [0, 0.05) is 19.5 Å². The third-order valence-corrected chi connectivity index (χ3v) is 8.88. The molecule has 0 radical (unpaired) electrons. The molecular weight excluding hydrogens is 584 g/mol. The van der Waals surface area contributed by atoms with E-state index < -0.39 is 46.1 Å². The number of halogens is 2. The van der Waals surface area contributed by atoms with E-state index in [1.165, 1.54) is 53.4 Å². The molecule has 4 rings (SSSR count). The van der Waals surface area contributed by atoms with Gasteiger partial charge in [-0.2, -0.15) is 0 Å². The first kappa shape index (κ1) is 32.3. The van der Waals surface area contributed by atoms with Crippen molar-refractivity contribution in [2.45, 2.75) is 44.2 Å². The molecular formula is C34H35F2N3O4S. The highest BCUT2D eigenvalue weighted by Gasteiger charge is 2.34. The molecule has 0 unspecified atom stereocenters. The van der Waals surface area contributed by atoms with Crippen molar-refractivity contribution < 1.29 is 26.8 Å². The average Bonchev–Trinajstić information content (AvgIpc) is 3.02. The lowest BCUT2D eigenvalue weighted by Crippen LogP contribution is -2.53. The van der Waals surface area contributed by atoms with E-state index in [1.54, 1.807) is 12.1 Å². The molecule has 7 nitrogen and oxygen atoms in total. The van der Waals surface area contributed by atoms with Crippen molar-refractivity contribution in [3.8, 4) is 0 Å². The molecule has 0 bridgehead atoms. The molecule has 4 aromatic carbocycles. The van der Waals surface area contributed by atoms with Gasteiger partial charge in [0.1, 0.15) is 24.2 Å². The Hall–Kier alpha value is -4.57. The third kappa shape index (κ3) is 8.29. The Balaban J connectivity index is 1.78. The number of rotatable bonds is 13. The molecule has 0 aliphatic rings. The number of carbonyl (C=O) groups excluding carboxylic acids is 2. The Morgan fingerprint density at radius 3 is 1.98 bits per heavy atom. The topological polar surface area (TPSA) is 86.8 Å². The molecule has 10 heteroatoms. The monoisotopic (exact) mass is 619 g/mol. The lowest BCUT2D eigenvalue weighted by molar-refractivity contribution is -0.140. The van der Waals surface area contributed by atoms with Gasteiger partial charge in [0.2, 0.25) is 11.8 Å². The van der Waals surface area contributed by atoms with E-state index in [9.17, 15) is 26.8 Å². The molecule has 0 saturated carbocycles. The Bertz CT molecular complexity index is 1650. The first-order valence-electron chi connectivity index (χ1n) is 14.3. The van der Waals surface area contributed by atoms with Crippen LogP contribution in [0.5, 0.6) is 0 Å². The molecule has 1 atom stereocenters. The number of amides is 2. The molecule has 0 aliphatic carbocycles. The van der Waals surface area contributed by atoms with Crippen LogP contribution in [0.1, 0.15) is 30.0 Å². The predicted octanol–water partition coefficient (Wildman–Crippen LogP) is 5.63. The third-order valence-electron chi connectivity index (χ3n) is 7.09. The van der Waals surface area contributed by atoms with Crippen LogP contribution in [-0.4, -0.2) is 44.3 Å². The molecule has 44 heavy (non-hydrogen) atoms. The minimum atomic E-state index is -4.30. The van der Waals surface area contributed by atoms with Crippen LogP contribution < -0.4 is 9.62 Å². The van der Waals surface area contributed by atoms with Gasteiger partial charge in [-0.25, -0.2) is 17.2 Å². The summed E-state index contributed by atoms with van der Waals surface area (Å²) in [4.78, 5) is 29.2. The molecule has 0 aliphatic heterocycles. The van der Waals surface area contributed by atoms with Gasteiger partial charge in [-0.1, -0.05) is 67.1 Å². The summed E-state index contributed by atoms with van der Waals surface area (Å²) in [6.07, 6.45) is 0.827. The number of nitrogens with zero attached hydrogens (tertiary/aromatic N) is 2. The molecule has 0 saturated heterocycles. The van der Waals surface area contributed by atoms with Crippen LogP contribution >= 0.6 is 0 Å². The molecule has 2 amide bonds. The van der Waals surface area contributed by atoms with Gasteiger partial charge in [0.05, 0.1) is 10.6 Å². The van der Waals surface area contributed by atoms with Crippen molar-refractivity contribution >= 4 is 27.5 Å². The first-order valence-corrected chi connectivity index (χ1v) is 15.7. The normalized spacial score (nSPS) is 11.9. The van der Waals surface area contributed by atoms with Gasteiger partial charge in [0.25, 0.3) is 10.0 Å². The Labute approximate surface area is 257 Å². The summed E-state index contributed by atoms with van der Waals surface area (Å²) < 4.78 is 56.5. The molecule has 230 valence electrons. The molecule has 0 heterocycles. The summed E-state index contributed by atoms with van der Waals surface area (Å²) in [5.74, 6) is -2.09. The van der Waals surface area contributed by atoms with Crippen LogP contribution in [0.25, 0.3) is 0 Å². The van der Waals surface area contributed by atoms with E-state index in [0.29, 0.717) is 18.5 Å². The highest BCUT2D eigenvalue weighted by molar-refractivity contribution is 7.92. The van der Waals surface area contributed by atoms with E-state index >= 15 is 0 Å². The maximum absolute atomic E-state index is 14.3. The quantitative estimate of drug-likeness (QED) is 0.210. The maximum Gasteiger partial charge on any atom is 0.264 e. The van der Waals surface area contributed by atoms with Gasteiger partial charge in [-0.05, 0) is 73.0 Å². The highest BCUT2D eigenvalue weighted by atomic mass is 32.2. The lowest BCUT2D eigenvalue weighted by atomic mass is 10.0. The zero-order chi connectivity index (χ0) is 31.7. The Morgan fingerprint density at radius 1 is 0.795 bits per heavy atom. The summed E-state index contributed by atoms with van der Waals surface area (Å²) in [7, 11) is -4.30. The standard InChI is InChI=1S/C34H35F2N3O4S/c1-3-21-37-34(41)32(22-26-7-5-4-6-8-26)38(23-27-11-13-28(35)14-12-27)33(40)24-39(30-17-15-29(36)16-18-30)44(42,43)31-19-9-25(2)10-20-31/h4-20,32H,3,21-24H2,1-2H3,(H,37,41)/t32-/m1/s1. The summed E-state index contributed by atoms with van der Waals surface area (Å²) >= 11 is 0. The molecule has 4 aromatic rings. The number of aryl methyl sites for hydroxylation is 1.